The van der Waals surface area contributed by atoms with E-state index in [9.17, 15) is 22.0 Å². The van der Waals surface area contributed by atoms with Crippen LogP contribution in [0, 0.1) is 11.6 Å². The first-order chi connectivity index (χ1) is 16.1. The number of piperidine rings is 1. The minimum absolute atomic E-state index is 0.0677. The Balaban J connectivity index is 1.57. The molecule has 2 aliphatic heterocycles. The van der Waals surface area contributed by atoms with E-state index >= 15 is 0 Å². The monoisotopic (exact) mass is 491 g/mol. The molecule has 1 amide bonds. The van der Waals surface area contributed by atoms with E-state index in [4.69, 9.17) is 4.74 Å². The number of anilines is 2. The molecule has 2 heterocycles. The number of carbonyl (C=O) groups excluding carboxylic acids is 1. The van der Waals surface area contributed by atoms with Crippen molar-refractivity contribution in [2.75, 3.05) is 36.8 Å². The van der Waals surface area contributed by atoms with Crippen molar-refractivity contribution in [2.45, 2.75) is 48.5 Å². The van der Waals surface area contributed by atoms with Crippen LogP contribution in [0.25, 0.3) is 0 Å². The molecular weight excluding hydrogens is 464 g/mol. The second-order valence-electron chi connectivity index (χ2n) is 9.42. The summed E-state index contributed by atoms with van der Waals surface area (Å²) in [5.41, 5.74) is 0.868. The normalized spacial score (nSPS) is 20.1. The maximum absolute atomic E-state index is 14.4. The molecule has 1 saturated carbocycles. The smallest absolute Gasteiger partial charge is 0.266 e. The summed E-state index contributed by atoms with van der Waals surface area (Å²) in [6.07, 6.45) is 3.80. The molecule has 3 aliphatic rings. The molecule has 2 aromatic carbocycles. The quantitative estimate of drug-likeness (QED) is 0.691. The summed E-state index contributed by atoms with van der Waals surface area (Å²) in [6, 6.07) is 5.62. The summed E-state index contributed by atoms with van der Waals surface area (Å²) < 4.78 is 61.5. The first kappa shape index (κ1) is 23.0. The van der Waals surface area contributed by atoms with Gasteiger partial charge in [-0.05, 0) is 56.5 Å². The lowest BCUT2D eigenvalue weighted by atomic mass is 9.65. The van der Waals surface area contributed by atoms with E-state index in [-0.39, 0.29) is 17.7 Å². The Morgan fingerprint density at radius 1 is 1.15 bits per heavy atom. The molecular formula is C24H27F2N3O4S. The van der Waals surface area contributed by atoms with Gasteiger partial charge in [-0.15, -0.1) is 0 Å². The second kappa shape index (κ2) is 8.20. The van der Waals surface area contributed by atoms with Crippen molar-refractivity contribution in [3.05, 3.63) is 47.5 Å². The standard InChI is InChI=1S/C24H27F2N3O4S/c1-28-10-6-17(7-11-28)33-20-14-16(13-18-22(20)27-23(30)24(18)8-3-9-24)29(2)34(31,32)21-5-4-15(25)12-19(21)26/h4-5,12-14,17H,3,6-11H2,1-2H3,(H,27,30). The van der Waals surface area contributed by atoms with E-state index in [2.05, 4.69) is 10.2 Å². The molecule has 0 aromatic heterocycles. The third-order valence-electron chi connectivity index (χ3n) is 7.34. The Hall–Kier alpha value is -2.72. The van der Waals surface area contributed by atoms with Gasteiger partial charge in [0.05, 0.1) is 16.8 Å². The van der Waals surface area contributed by atoms with Gasteiger partial charge in [-0.3, -0.25) is 9.10 Å². The highest BCUT2D eigenvalue weighted by atomic mass is 32.2. The molecule has 5 rings (SSSR count). The average Bonchev–Trinajstić information content (AvgIpc) is 3.06. The van der Waals surface area contributed by atoms with E-state index in [1.54, 1.807) is 12.1 Å². The maximum Gasteiger partial charge on any atom is 0.266 e. The summed E-state index contributed by atoms with van der Waals surface area (Å²) in [5, 5.41) is 2.97. The first-order valence-electron chi connectivity index (χ1n) is 11.4. The van der Waals surface area contributed by atoms with Crippen LogP contribution in [0.4, 0.5) is 20.2 Å². The number of amides is 1. The van der Waals surface area contributed by atoms with Crippen molar-refractivity contribution in [3.8, 4) is 5.75 Å². The molecule has 1 spiro atoms. The number of ether oxygens (including phenoxy) is 1. The lowest BCUT2D eigenvalue weighted by Gasteiger charge is -2.36. The van der Waals surface area contributed by atoms with Gasteiger partial charge in [-0.1, -0.05) is 6.42 Å². The molecule has 0 unspecified atom stereocenters. The number of hydrogen-bond acceptors (Lipinski definition) is 5. The Morgan fingerprint density at radius 2 is 1.85 bits per heavy atom. The van der Waals surface area contributed by atoms with Crippen molar-refractivity contribution in [1.29, 1.82) is 0 Å². The number of fused-ring (bicyclic) bond motifs is 2. The van der Waals surface area contributed by atoms with Gasteiger partial charge in [0.1, 0.15) is 28.4 Å². The van der Waals surface area contributed by atoms with Gasteiger partial charge < -0.3 is 15.0 Å². The lowest BCUT2D eigenvalue weighted by Crippen LogP contribution is -2.41. The molecule has 182 valence electrons. The van der Waals surface area contributed by atoms with Crippen molar-refractivity contribution < 1.29 is 26.7 Å². The number of nitrogens with one attached hydrogen (secondary N) is 1. The predicted octanol–water partition coefficient (Wildman–Crippen LogP) is 3.64. The van der Waals surface area contributed by atoms with Gasteiger partial charge in [0.2, 0.25) is 5.91 Å². The van der Waals surface area contributed by atoms with Gasteiger partial charge in [0, 0.05) is 32.3 Å². The lowest BCUT2D eigenvalue weighted by molar-refractivity contribution is -0.123. The number of carbonyl (C=O) groups is 1. The first-order valence-corrected chi connectivity index (χ1v) is 12.8. The fraction of sp³-hybridized carbons (Fsp3) is 0.458. The van der Waals surface area contributed by atoms with Crippen molar-refractivity contribution in [1.82, 2.24) is 4.90 Å². The van der Waals surface area contributed by atoms with Crippen LogP contribution in [-0.2, 0) is 20.2 Å². The van der Waals surface area contributed by atoms with E-state index < -0.39 is 32.0 Å². The van der Waals surface area contributed by atoms with Crippen LogP contribution in [0.5, 0.6) is 5.75 Å². The number of benzene rings is 2. The zero-order valence-corrected chi connectivity index (χ0v) is 19.9. The zero-order chi connectivity index (χ0) is 24.3. The van der Waals surface area contributed by atoms with Crippen LogP contribution in [0.1, 0.15) is 37.7 Å². The van der Waals surface area contributed by atoms with Crippen molar-refractivity contribution in [2.24, 2.45) is 0 Å². The minimum Gasteiger partial charge on any atom is -0.488 e. The van der Waals surface area contributed by atoms with Gasteiger partial charge in [0.25, 0.3) is 10.0 Å². The fourth-order valence-corrected chi connectivity index (χ4v) is 6.24. The summed E-state index contributed by atoms with van der Waals surface area (Å²) in [5.74, 6) is -1.71. The molecule has 7 nitrogen and oxygen atoms in total. The van der Waals surface area contributed by atoms with E-state index in [0.29, 0.717) is 35.9 Å². The third kappa shape index (κ3) is 3.63. The van der Waals surface area contributed by atoms with Gasteiger partial charge in [-0.25, -0.2) is 17.2 Å². The molecule has 0 radical (unpaired) electrons. The largest absolute Gasteiger partial charge is 0.488 e. The van der Waals surface area contributed by atoms with Crippen LogP contribution in [0.3, 0.4) is 0 Å². The zero-order valence-electron chi connectivity index (χ0n) is 19.1. The van der Waals surface area contributed by atoms with Crippen molar-refractivity contribution >= 4 is 27.3 Å². The highest BCUT2D eigenvalue weighted by Gasteiger charge is 2.52. The number of nitrogens with zero attached hydrogens (tertiary/aromatic N) is 2. The van der Waals surface area contributed by atoms with Crippen molar-refractivity contribution in [3.63, 3.8) is 0 Å². The molecule has 10 heteroatoms. The van der Waals surface area contributed by atoms with Crippen LogP contribution < -0.4 is 14.4 Å². The SMILES string of the molecule is CN1CCC(Oc2cc(N(C)S(=O)(=O)c3ccc(F)cc3F)cc3c2NC(=O)C32CCC2)CC1. The molecule has 34 heavy (non-hydrogen) atoms. The Kier molecular flexibility index (Phi) is 5.55. The van der Waals surface area contributed by atoms with Crippen LogP contribution >= 0.6 is 0 Å². The topological polar surface area (TPSA) is 79.0 Å². The van der Waals surface area contributed by atoms with Gasteiger partial charge in [-0.2, -0.15) is 0 Å². The molecule has 0 atom stereocenters. The molecule has 2 aromatic rings. The van der Waals surface area contributed by atoms with Crippen LogP contribution in [0.2, 0.25) is 0 Å². The van der Waals surface area contributed by atoms with Gasteiger partial charge in [0.15, 0.2) is 0 Å². The Labute approximate surface area is 197 Å². The molecule has 2 fully saturated rings. The Bertz CT molecular complexity index is 1260. The number of rotatable bonds is 5. The fourth-order valence-electron chi connectivity index (χ4n) is 5.02. The highest BCUT2D eigenvalue weighted by Crippen LogP contribution is 2.55. The Morgan fingerprint density at radius 3 is 2.47 bits per heavy atom. The highest BCUT2D eigenvalue weighted by molar-refractivity contribution is 7.92. The summed E-state index contributed by atoms with van der Waals surface area (Å²) >= 11 is 0. The molecule has 1 N–H and O–H groups in total. The summed E-state index contributed by atoms with van der Waals surface area (Å²) in [4.78, 5) is 14.5. The minimum atomic E-state index is -4.33. The molecule has 1 aliphatic carbocycles. The van der Waals surface area contributed by atoms with Crippen LogP contribution in [0.15, 0.2) is 35.2 Å². The van der Waals surface area contributed by atoms with E-state index in [0.717, 1.165) is 48.8 Å². The number of halogens is 2. The van der Waals surface area contributed by atoms with Crippen LogP contribution in [-0.4, -0.2) is 52.5 Å². The number of likely N-dealkylation sites (tertiary alicyclic amines) is 1. The summed E-state index contributed by atoms with van der Waals surface area (Å²) in [7, 11) is -0.968. The third-order valence-corrected chi connectivity index (χ3v) is 9.16. The van der Waals surface area contributed by atoms with E-state index in [1.165, 1.54) is 7.05 Å². The number of sulfonamides is 1. The average molecular weight is 492 g/mol. The maximum atomic E-state index is 14.4. The second-order valence-corrected chi connectivity index (χ2v) is 11.4. The summed E-state index contributed by atoms with van der Waals surface area (Å²) in [6.45, 7) is 1.75. The van der Waals surface area contributed by atoms with E-state index in [1.807, 2.05) is 7.05 Å². The predicted molar refractivity (Wildman–Crippen MR) is 124 cm³/mol. The van der Waals surface area contributed by atoms with Gasteiger partial charge >= 0.3 is 0 Å². The number of hydrogen-bond donors (Lipinski definition) is 1. The molecule has 1 saturated heterocycles. The molecule has 0 bridgehead atoms.